The largest absolute Gasteiger partial charge is 0.472 e. The van der Waals surface area contributed by atoms with Crippen molar-refractivity contribution in [2.45, 2.75) is 127 Å². The molecule has 0 aliphatic carbocycles. The van der Waals surface area contributed by atoms with E-state index >= 15 is 0 Å². The molecule has 22 nitrogen and oxygen atoms in total. The standard InChI is InChI=1S/C33H53N9O13P2Si2/c1-32(2,3)58(7,8)54-23-19-15-49-56(44,45)52-22-18(14-48-57(46,47)53-25(23)30(51-19)42-16-38-20-27(42)39-31(35)40-29(20)43)50-21(24(22)55-59(9,10)33(4,5)6)17-13-37-28-26(34)36-11-12-41(17)28/h11-13,16,18-19,21-25,30H,14-15H2,1-10H3,(H2,34,36)(H,44,45)(H,46,47)(H3,35,39,40,43). The number of nitrogens with two attached hydrogens (primary N) is 2. The van der Waals surface area contributed by atoms with Crippen molar-refractivity contribution in [3.05, 3.63) is 41.0 Å². The lowest BCUT2D eigenvalue weighted by Gasteiger charge is -2.40. The fourth-order valence-electron chi connectivity index (χ4n) is 6.71. The van der Waals surface area contributed by atoms with Gasteiger partial charge in [0.25, 0.3) is 5.56 Å². The van der Waals surface area contributed by atoms with Crippen LogP contribution in [-0.2, 0) is 45.6 Å². The molecule has 0 spiro atoms. The molecular weight excluding hydrogens is 849 g/mol. The van der Waals surface area contributed by atoms with Crippen LogP contribution in [-0.4, -0.2) is 110 Å². The molecular formula is C33H53N9O13P2Si2. The number of fused-ring (bicyclic) bond motifs is 5. The summed E-state index contributed by atoms with van der Waals surface area (Å²) < 4.78 is 81.4. The second-order valence-electron chi connectivity index (χ2n) is 18.0. The predicted molar refractivity (Wildman–Crippen MR) is 217 cm³/mol. The number of rotatable bonds is 6. The van der Waals surface area contributed by atoms with Crippen molar-refractivity contribution in [2.24, 2.45) is 0 Å². The van der Waals surface area contributed by atoms with Crippen molar-refractivity contribution in [2.75, 3.05) is 24.7 Å². The number of phosphoric ester groups is 2. The molecule has 3 fully saturated rings. The molecule has 0 radical (unpaired) electrons. The third kappa shape index (κ3) is 8.50. The first kappa shape index (κ1) is 44.1. The summed E-state index contributed by atoms with van der Waals surface area (Å²) >= 11 is 0. The maximum Gasteiger partial charge on any atom is 0.472 e. The van der Waals surface area contributed by atoms with Gasteiger partial charge in [-0.15, -0.1) is 0 Å². The van der Waals surface area contributed by atoms with Gasteiger partial charge in [-0.2, -0.15) is 4.98 Å². The van der Waals surface area contributed by atoms with Gasteiger partial charge in [0.1, 0.15) is 42.7 Å². The molecule has 7 heterocycles. The van der Waals surface area contributed by atoms with E-state index in [0.29, 0.717) is 11.3 Å². The topological polar surface area (TPSA) is 294 Å². The quantitative estimate of drug-likeness (QED) is 0.134. The highest BCUT2D eigenvalue weighted by Crippen LogP contribution is 2.56. The van der Waals surface area contributed by atoms with Crippen LogP contribution < -0.4 is 17.0 Å². The molecule has 10 unspecified atom stereocenters. The molecule has 3 aliphatic rings. The number of phosphoric acid groups is 2. The van der Waals surface area contributed by atoms with Crippen LogP contribution in [0.2, 0.25) is 36.3 Å². The lowest BCUT2D eigenvalue weighted by molar-refractivity contribution is -0.0635. The van der Waals surface area contributed by atoms with Gasteiger partial charge >= 0.3 is 15.6 Å². The summed E-state index contributed by atoms with van der Waals surface area (Å²) in [4.78, 5) is 55.2. The summed E-state index contributed by atoms with van der Waals surface area (Å²) in [5, 5.41) is -0.740. The maximum absolute atomic E-state index is 14.2. The fourth-order valence-corrected chi connectivity index (χ4v) is 11.2. The van der Waals surface area contributed by atoms with E-state index in [1.54, 1.807) is 10.6 Å². The highest BCUT2D eigenvalue weighted by molar-refractivity contribution is 7.47. The Morgan fingerprint density at radius 2 is 1.44 bits per heavy atom. The summed E-state index contributed by atoms with van der Waals surface area (Å²) in [6.07, 6.45) is -4.30. The van der Waals surface area contributed by atoms with Crippen LogP contribution in [0.5, 0.6) is 0 Å². The van der Waals surface area contributed by atoms with E-state index in [0.717, 1.165) is 0 Å². The Hall–Kier alpha value is -2.94. The molecule has 7 N–H and O–H groups in total. The van der Waals surface area contributed by atoms with Gasteiger partial charge in [-0.3, -0.25) is 36.8 Å². The molecule has 3 saturated heterocycles. The molecule has 0 amide bonds. The summed E-state index contributed by atoms with van der Waals surface area (Å²) in [7, 11) is -15.7. The highest BCUT2D eigenvalue weighted by atomic mass is 31.2. The maximum atomic E-state index is 14.2. The van der Waals surface area contributed by atoms with Gasteiger partial charge in [0, 0.05) is 12.4 Å². The molecule has 0 aromatic carbocycles. The smallest absolute Gasteiger partial charge is 0.408 e. The van der Waals surface area contributed by atoms with Crippen molar-refractivity contribution >= 4 is 60.9 Å². The first-order valence-corrected chi connectivity index (χ1v) is 27.8. The Bertz CT molecular complexity index is 2380. The minimum absolute atomic E-state index is 0.0330. The van der Waals surface area contributed by atoms with E-state index in [9.17, 15) is 23.7 Å². The van der Waals surface area contributed by atoms with Gasteiger partial charge in [0.15, 0.2) is 45.5 Å². The lowest BCUT2D eigenvalue weighted by Crippen LogP contribution is -2.50. The molecule has 4 aromatic heterocycles. The Labute approximate surface area is 341 Å². The van der Waals surface area contributed by atoms with E-state index in [-0.39, 0.29) is 28.0 Å². The zero-order valence-electron chi connectivity index (χ0n) is 34.5. The van der Waals surface area contributed by atoms with Gasteiger partial charge in [-0.1, -0.05) is 41.5 Å². The predicted octanol–water partition coefficient (Wildman–Crippen LogP) is 4.16. The Morgan fingerprint density at radius 1 is 0.847 bits per heavy atom. The minimum atomic E-state index is -5.13. The Balaban J connectivity index is 1.31. The van der Waals surface area contributed by atoms with E-state index < -0.39 is 105 Å². The van der Waals surface area contributed by atoms with Crippen LogP contribution in [0.15, 0.2) is 29.7 Å². The average Bonchev–Trinajstić information content (AvgIpc) is 3.86. The number of aromatic nitrogens is 7. The molecule has 326 valence electrons. The highest BCUT2D eigenvalue weighted by Gasteiger charge is 2.58. The molecule has 26 heteroatoms. The lowest BCUT2D eigenvalue weighted by atomic mass is 10.1. The van der Waals surface area contributed by atoms with Gasteiger partial charge in [0.05, 0.1) is 31.4 Å². The van der Waals surface area contributed by atoms with Gasteiger partial charge in [-0.25, -0.2) is 24.1 Å². The van der Waals surface area contributed by atoms with E-state index in [4.69, 9.17) is 47.9 Å². The molecule has 2 bridgehead atoms. The molecule has 10 atom stereocenters. The number of hydrogen-bond acceptors (Lipinski definition) is 17. The number of nitrogens with one attached hydrogen (secondary N) is 1. The third-order valence-corrected chi connectivity index (χ3v) is 22.8. The van der Waals surface area contributed by atoms with Gasteiger partial charge in [-0.05, 0) is 36.3 Å². The number of H-pyrrole nitrogens is 1. The first-order chi connectivity index (χ1) is 27.2. The number of nitrogen functional groups attached to an aromatic ring is 2. The molecule has 7 rings (SSSR count). The molecule has 59 heavy (non-hydrogen) atoms. The molecule has 3 aliphatic heterocycles. The normalized spacial score (nSPS) is 32.8. The Kier molecular flexibility index (Phi) is 11.3. The summed E-state index contributed by atoms with van der Waals surface area (Å²) in [5.41, 5.74) is 12.0. The molecule has 4 aromatic rings. The second-order valence-corrected chi connectivity index (χ2v) is 30.3. The van der Waals surface area contributed by atoms with Crippen molar-refractivity contribution < 1.29 is 55.3 Å². The van der Waals surface area contributed by atoms with Gasteiger partial charge in [0.2, 0.25) is 5.95 Å². The van der Waals surface area contributed by atoms with Crippen LogP contribution >= 0.6 is 15.6 Å². The van der Waals surface area contributed by atoms with Crippen molar-refractivity contribution in [1.29, 1.82) is 0 Å². The van der Waals surface area contributed by atoms with E-state index in [2.05, 4.69) is 24.9 Å². The summed E-state index contributed by atoms with van der Waals surface area (Å²) in [5.74, 6) is -0.0808. The second kappa shape index (κ2) is 15.2. The first-order valence-electron chi connectivity index (χ1n) is 19.0. The monoisotopic (exact) mass is 901 g/mol. The number of ether oxygens (including phenoxy) is 2. The summed E-state index contributed by atoms with van der Waals surface area (Å²) in [6.45, 7) is 18.6. The van der Waals surface area contributed by atoms with Crippen molar-refractivity contribution in [3.63, 3.8) is 0 Å². The van der Waals surface area contributed by atoms with E-state index in [1.807, 2.05) is 67.7 Å². The zero-order valence-corrected chi connectivity index (χ0v) is 38.2. The number of hydrogen-bond donors (Lipinski definition) is 5. The van der Waals surface area contributed by atoms with Crippen molar-refractivity contribution in [3.8, 4) is 0 Å². The minimum Gasteiger partial charge on any atom is -0.408 e. The van der Waals surface area contributed by atoms with E-state index in [1.165, 1.54) is 23.3 Å². The van der Waals surface area contributed by atoms with Crippen LogP contribution in [0.3, 0.4) is 0 Å². The average molecular weight is 902 g/mol. The Morgan fingerprint density at radius 3 is 2.07 bits per heavy atom. The number of imidazole rings is 2. The van der Waals surface area contributed by atoms with Crippen LogP contribution in [0.25, 0.3) is 16.8 Å². The number of anilines is 2. The van der Waals surface area contributed by atoms with Crippen LogP contribution in [0.1, 0.15) is 59.6 Å². The summed E-state index contributed by atoms with van der Waals surface area (Å²) in [6, 6.07) is 0. The molecule has 0 saturated carbocycles. The number of nitrogens with zero attached hydrogens (tertiary/aromatic N) is 6. The van der Waals surface area contributed by atoms with Crippen LogP contribution in [0.4, 0.5) is 11.8 Å². The fraction of sp³-hybridized carbons (Fsp3) is 0.667. The van der Waals surface area contributed by atoms with Gasteiger partial charge < -0.3 is 39.6 Å². The van der Waals surface area contributed by atoms with Crippen molar-refractivity contribution in [1.82, 2.24) is 33.9 Å². The number of aromatic amines is 1. The van der Waals surface area contributed by atoms with Crippen LogP contribution in [0, 0.1) is 0 Å². The third-order valence-electron chi connectivity index (χ3n) is 11.9. The SMILES string of the molecule is CC(C)(C)[Si](C)(C)OC1C2COP(=O)(O)OC3C(COP(=O)(O)OC1C(n1cnc4c(=O)[nH]c(N)nc41)O2)OC(c1cnc2c(N)nccn12)C3O[Si](C)(C)C(C)(C)C. The zero-order chi connectivity index (χ0) is 43.2.